The van der Waals surface area contributed by atoms with Gasteiger partial charge in [-0.15, -0.1) is 0 Å². The van der Waals surface area contributed by atoms with Crippen molar-refractivity contribution in [1.82, 2.24) is 14.2 Å². The third kappa shape index (κ3) is 4.28. The number of pyridine rings is 1. The van der Waals surface area contributed by atoms with E-state index in [0.29, 0.717) is 26.1 Å². The largest absolute Gasteiger partial charge is 0.353 e. The molecule has 3 heterocycles. The summed E-state index contributed by atoms with van der Waals surface area (Å²) in [5, 5.41) is 0. The summed E-state index contributed by atoms with van der Waals surface area (Å²) in [6.45, 7) is 3.47. The molecule has 1 aromatic heterocycles. The summed E-state index contributed by atoms with van der Waals surface area (Å²) < 4.78 is 27.3. The maximum atomic E-state index is 13.1. The van der Waals surface area contributed by atoms with Gasteiger partial charge in [0.2, 0.25) is 15.9 Å². The number of carbonyl (C=O) groups excluding carboxylic acids is 1. The number of piperidine rings is 1. The van der Waals surface area contributed by atoms with Gasteiger partial charge in [-0.2, -0.15) is 4.31 Å². The molecule has 8 heteroatoms. The van der Waals surface area contributed by atoms with Gasteiger partial charge in [0.1, 0.15) is 5.82 Å². The van der Waals surface area contributed by atoms with Gasteiger partial charge in [0, 0.05) is 45.5 Å². The molecule has 0 aliphatic carbocycles. The van der Waals surface area contributed by atoms with Gasteiger partial charge in [-0.05, 0) is 37.1 Å². The highest BCUT2D eigenvalue weighted by Crippen LogP contribution is 2.25. The summed E-state index contributed by atoms with van der Waals surface area (Å²) >= 11 is 0. The average Bonchev–Trinajstić information content (AvgIpc) is 2.80. The molecule has 0 unspecified atom stereocenters. The number of amides is 1. The second-order valence-electron chi connectivity index (χ2n) is 7.52. The molecule has 0 N–H and O–H groups in total. The van der Waals surface area contributed by atoms with E-state index in [4.69, 9.17) is 0 Å². The highest BCUT2D eigenvalue weighted by Gasteiger charge is 2.35. The van der Waals surface area contributed by atoms with Crippen LogP contribution in [-0.4, -0.2) is 67.8 Å². The van der Waals surface area contributed by atoms with Gasteiger partial charge in [-0.25, -0.2) is 13.4 Å². The number of benzene rings is 1. The van der Waals surface area contributed by atoms with Crippen molar-refractivity contribution >= 4 is 21.7 Å². The number of anilines is 1. The second kappa shape index (κ2) is 8.51. The average molecular weight is 415 g/mol. The first kappa shape index (κ1) is 19.8. The predicted octanol–water partition coefficient (Wildman–Crippen LogP) is 1.83. The highest BCUT2D eigenvalue weighted by atomic mass is 32.2. The minimum Gasteiger partial charge on any atom is -0.353 e. The molecule has 2 aliphatic heterocycles. The maximum absolute atomic E-state index is 13.1. The summed E-state index contributed by atoms with van der Waals surface area (Å²) in [4.78, 5) is 21.8. The topological polar surface area (TPSA) is 73.8 Å². The number of aromatic nitrogens is 1. The van der Waals surface area contributed by atoms with Crippen molar-refractivity contribution in [2.24, 2.45) is 5.92 Å². The molecule has 2 fully saturated rings. The Bertz CT molecular complexity index is 929. The van der Waals surface area contributed by atoms with Crippen molar-refractivity contribution in [3.8, 4) is 0 Å². The number of hydrogen-bond acceptors (Lipinski definition) is 5. The zero-order chi connectivity index (χ0) is 20.3. The Kier molecular flexibility index (Phi) is 5.82. The summed E-state index contributed by atoms with van der Waals surface area (Å²) in [7, 11) is -3.56. The van der Waals surface area contributed by atoms with E-state index in [1.807, 2.05) is 23.1 Å². The maximum Gasteiger partial charge on any atom is 0.243 e. The molecule has 154 valence electrons. The molecule has 2 aromatic rings. The quantitative estimate of drug-likeness (QED) is 0.763. The van der Waals surface area contributed by atoms with Crippen molar-refractivity contribution < 1.29 is 13.2 Å². The van der Waals surface area contributed by atoms with Crippen LogP contribution in [0, 0.1) is 5.92 Å². The highest BCUT2D eigenvalue weighted by molar-refractivity contribution is 7.89. The SMILES string of the molecule is O=C([C@H]1CCCN(S(=O)(=O)c2ccccc2)C1)N1CCN(c2ccccn2)CC1. The smallest absolute Gasteiger partial charge is 0.243 e. The molecule has 1 amide bonds. The Hall–Kier alpha value is -2.45. The van der Waals surface area contributed by atoms with Crippen LogP contribution in [0.2, 0.25) is 0 Å². The fraction of sp³-hybridized carbons (Fsp3) is 0.429. The minimum atomic E-state index is -3.56. The Morgan fingerprint density at radius 2 is 1.66 bits per heavy atom. The molecule has 2 saturated heterocycles. The fourth-order valence-electron chi connectivity index (χ4n) is 4.06. The van der Waals surface area contributed by atoms with Crippen LogP contribution in [0.25, 0.3) is 0 Å². The van der Waals surface area contributed by atoms with Gasteiger partial charge in [0.25, 0.3) is 0 Å². The lowest BCUT2D eigenvalue weighted by Gasteiger charge is -2.39. The number of piperazine rings is 1. The van der Waals surface area contributed by atoms with Gasteiger partial charge >= 0.3 is 0 Å². The van der Waals surface area contributed by atoms with Gasteiger partial charge < -0.3 is 9.80 Å². The minimum absolute atomic E-state index is 0.0682. The van der Waals surface area contributed by atoms with E-state index in [9.17, 15) is 13.2 Å². The van der Waals surface area contributed by atoms with Crippen LogP contribution in [0.4, 0.5) is 5.82 Å². The second-order valence-corrected chi connectivity index (χ2v) is 9.45. The molecule has 2 aliphatic rings. The summed E-state index contributed by atoms with van der Waals surface area (Å²) in [5.74, 6) is 0.722. The fourth-order valence-corrected chi connectivity index (χ4v) is 5.60. The Labute approximate surface area is 172 Å². The first-order chi connectivity index (χ1) is 14.1. The lowest BCUT2D eigenvalue weighted by Crippen LogP contribution is -2.53. The number of nitrogens with zero attached hydrogens (tertiary/aromatic N) is 4. The van der Waals surface area contributed by atoms with Crippen LogP contribution >= 0.6 is 0 Å². The molecule has 4 rings (SSSR count). The van der Waals surface area contributed by atoms with E-state index in [0.717, 1.165) is 25.3 Å². The lowest BCUT2D eigenvalue weighted by molar-refractivity contribution is -0.137. The Balaban J connectivity index is 1.38. The van der Waals surface area contributed by atoms with Crippen LogP contribution in [-0.2, 0) is 14.8 Å². The molecular weight excluding hydrogens is 388 g/mol. The van der Waals surface area contributed by atoms with E-state index in [2.05, 4.69) is 9.88 Å². The normalized spacial score (nSPS) is 21.2. The van der Waals surface area contributed by atoms with E-state index >= 15 is 0 Å². The van der Waals surface area contributed by atoms with Crippen molar-refractivity contribution in [2.75, 3.05) is 44.2 Å². The molecule has 0 radical (unpaired) electrons. The Morgan fingerprint density at radius 1 is 0.931 bits per heavy atom. The van der Waals surface area contributed by atoms with Gasteiger partial charge in [0.05, 0.1) is 10.8 Å². The molecule has 7 nitrogen and oxygen atoms in total. The number of carbonyl (C=O) groups is 1. The first-order valence-corrected chi connectivity index (χ1v) is 11.5. The molecule has 29 heavy (non-hydrogen) atoms. The summed E-state index contributed by atoms with van der Waals surface area (Å²) in [6.07, 6.45) is 3.22. The monoisotopic (exact) mass is 414 g/mol. The molecule has 1 atom stereocenters. The van der Waals surface area contributed by atoms with E-state index in [1.165, 1.54) is 4.31 Å². The first-order valence-electron chi connectivity index (χ1n) is 10.1. The van der Waals surface area contributed by atoms with Crippen molar-refractivity contribution in [3.05, 3.63) is 54.7 Å². The van der Waals surface area contributed by atoms with Crippen LogP contribution in [0.5, 0.6) is 0 Å². The summed E-state index contributed by atoms with van der Waals surface area (Å²) in [5.41, 5.74) is 0. The number of rotatable bonds is 4. The lowest BCUT2D eigenvalue weighted by atomic mass is 9.98. The van der Waals surface area contributed by atoms with Crippen molar-refractivity contribution in [3.63, 3.8) is 0 Å². The van der Waals surface area contributed by atoms with E-state index in [-0.39, 0.29) is 23.3 Å². The van der Waals surface area contributed by atoms with Crippen LogP contribution in [0.3, 0.4) is 0 Å². The number of hydrogen-bond donors (Lipinski definition) is 0. The third-order valence-corrected chi connectivity index (χ3v) is 7.56. The van der Waals surface area contributed by atoms with Gasteiger partial charge in [-0.1, -0.05) is 24.3 Å². The van der Waals surface area contributed by atoms with Gasteiger partial charge in [-0.3, -0.25) is 4.79 Å². The van der Waals surface area contributed by atoms with Crippen molar-refractivity contribution in [1.29, 1.82) is 0 Å². The van der Waals surface area contributed by atoms with E-state index < -0.39 is 10.0 Å². The molecule has 0 bridgehead atoms. The molecule has 0 saturated carbocycles. The molecule has 0 spiro atoms. The van der Waals surface area contributed by atoms with Gasteiger partial charge in [0.15, 0.2) is 0 Å². The van der Waals surface area contributed by atoms with Crippen LogP contribution < -0.4 is 4.90 Å². The summed E-state index contributed by atoms with van der Waals surface area (Å²) in [6, 6.07) is 14.3. The molecular formula is C21H26N4O3S. The third-order valence-electron chi connectivity index (χ3n) is 5.68. The zero-order valence-corrected chi connectivity index (χ0v) is 17.2. The predicted molar refractivity (Wildman–Crippen MR) is 111 cm³/mol. The number of sulfonamides is 1. The van der Waals surface area contributed by atoms with E-state index in [1.54, 1.807) is 36.5 Å². The van der Waals surface area contributed by atoms with Crippen LogP contribution in [0.15, 0.2) is 59.6 Å². The standard InChI is InChI=1S/C21H26N4O3S/c26-21(24-15-13-23(14-16-24)20-10-4-5-11-22-20)18-7-6-12-25(17-18)29(27,28)19-8-2-1-3-9-19/h1-5,8-11,18H,6-7,12-17H2/t18-/m0/s1. The molecule has 1 aromatic carbocycles. The van der Waals surface area contributed by atoms with Crippen molar-refractivity contribution in [2.45, 2.75) is 17.7 Å². The van der Waals surface area contributed by atoms with Crippen LogP contribution in [0.1, 0.15) is 12.8 Å². The zero-order valence-electron chi connectivity index (χ0n) is 16.4. The Morgan fingerprint density at radius 3 is 2.34 bits per heavy atom.